The van der Waals surface area contributed by atoms with Crippen molar-refractivity contribution < 1.29 is 32.2 Å². The Hall–Kier alpha value is -4.80. The number of benzene rings is 3. The number of fused-ring (bicyclic) bond motifs is 2. The minimum Gasteiger partial charge on any atom is -0.493 e. The van der Waals surface area contributed by atoms with Crippen LogP contribution >= 0.6 is 0 Å². The van der Waals surface area contributed by atoms with E-state index in [1.165, 1.54) is 16.7 Å². The van der Waals surface area contributed by atoms with E-state index in [1.807, 2.05) is 13.8 Å². The molecule has 0 saturated heterocycles. The lowest BCUT2D eigenvalue weighted by Gasteiger charge is -2.26. The summed E-state index contributed by atoms with van der Waals surface area (Å²) in [5.74, 6) is -4.03. The summed E-state index contributed by atoms with van der Waals surface area (Å²) in [6.45, 7) is 5.93. The first-order chi connectivity index (χ1) is 21.9. The first kappa shape index (κ1) is 32.6. The second kappa shape index (κ2) is 13.3. The molecule has 1 amide bonds. The van der Waals surface area contributed by atoms with Crippen LogP contribution in [0.1, 0.15) is 53.7 Å². The molecule has 0 radical (unpaired) electrons. The molecule has 0 unspecified atom stereocenters. The van der Waals surface area contributed by atoms with E-state index in [0.29, 0.717) is 58.4 Å². The standard InChI is InChI=1S/C35H36F3N3O5/c1-6-18(2)39-22-16-26(37)31(27(38)17-22)33(42)40-28(35(44)45-5)14-20-9-11-24(32-23(20)8-7-13-46-32)30-19(3)25-15-21(36)10-12-29(25)41(4)34(30)43/h9-12,15-18,28,39H,6-8,13-14H2,1-5H3,(H,40,42)/t18-,28-/m0/s1. The van der Waals surface area contributed by atoms with Crippen molar-refractivity contribution in [2.75, 3.05) is 19.0 Å². The van der Waals surface area contributed by atoms with Crippen LogP contribution in [0.15, 0.2) is 47.3 Å². The quantitative estimate of drug-likeness (QED) is 0.220. The van der Waals surface area contributed by atoms with Crippen LogP contribution in [0.25, 0.3) is 22.0 Å². The number of nitrogens with one attached hydrogen (secondary N) is 2. The van der Waals surface area contributed by atoms with Gasteiger partial charge in [-0.15, -0.1) is 0 Å². The second-order valence-corrected chi connectivity index (χ2v) is 11.6. The van der Waals surface area contributed by atoms with Crippen LogP contribution in [0.2, 0.25) is 0 Å². The van der Waals surface area contributed by atoms with Gasteiger partial charge in [-0.2, -0.15) is 0 Å². The number of carbonyl (C=O) groups excluding carboxylic acids is 2. The minimum atomic E-state index is -1.29. The van der Waals surface area contributed by atoms with E-state index in [-0.39, 0.29) is 23.7 Å². The summed E-state index contributed by atoms with van der Waals surface area (Å²) in [5.41, 5.74) is 2.52. The Morgan fingerprint density at radius 3 is 2.48 bits per heavy atom. The topological polar surface area (TPSA) is 98.7 Å². The van der Waals surface area contributed by atoms with Crippen molar-refractivity contribution in [3.8, 4) is 16.9 Å². The highest BCUT2D eigenvalue weighted by Crippen LogP contribution is 2.40. The van der Waals surface area contributed by atoms with Crippen LogP contribution in [0.3, 0.4) is 0 Å². The largest absolute Gasteiger partial charge is 0.493 e. The maximum Gasteiger partial charge on any atom is 0.328 e. The molecule has 5 rings (SSSR count). The fourth-order valence-electron chi connectivity index (χ4n) is 5.96. The van der Waals surface area contributed by atoms with Gasteiger partial charge in [0.1, 0.15) is 34.8 Å². The van der Waals surface area contributed by atoms with Gasteiger partial charge in [-0.05, 0) is 80.1 Å². The van der Waals surface area contributed by atoms with Gasteiger partial charge in [-0.1, -0.05) is 19.1 Å². The van der Waals surface area contributed by atoms with Gasteiger partial charge in [0.2, 0.25) is 0 Å². The van der Waals surface area contributed by atoms with Crippen molar-refractivity contribution in [3.05, 3.63) is 92.5 Å². The molecule has 3 aromatic carbocycles. The lowest BCUT2D eigenvalue weighted by atomic mass is 9.89. The Kier molecular flexibility index (Phi) is 9.41. The molecule has 11 heteroatoms. The van der Waals surface area contributed by atoms with E-state index in [0.717, 1.165) is 31.2 Å². The van der Waals surface area contributed by atoms with Crippen molar-refractivity contribution in [1.82, 2.24) is 9.88 Å². The molecule has 0 saturated carbocycles. The number of hydrogen-bond acceptors (Lipinski definition) is 6. The van der Waals surface area contributed by atoms with E-state index in [2.05, 4.69) is 10.6 Å². The molecule has 46 heavy (non-hydrogen) atoms. The third kappa shape index (κ3) is 6.18. The maximum absolute atomic E-state index is 15.0. The molecule has 1 aliphatic heterocycles. The zero-order valence-corrected chi connectivity index (χ0v) is 26.4. The number of amides is 1. The molecule has 0 bridgehead atoms. The SMILES string of the molecule is CC[C@H](C)Nc1cc(F)c(C(=O)N[C@@H](Cc2ccc(-c3c(C)c4cc(F)ccc4n(C)c3=O)c3c2CCCO3)C(=O)OC)c(F)c1. The number of hydrogen-bond donors (Lipinski definition) is 2. The summed E-state index contributed by atoms with van der Waals surface area (Å²) >= 11 is 0. The van der Waals surface area contributed by atoms with E-state index < -0.39 is 40.9 Å². The Balaban J connectivity index is 1.51. The molecule has 2 atom stereocenters. The molecule has 4 aromatic rings. The highest BCUT2D eigenvalue weighted by atomic mass is 19.1. The number of anilines is 1. The summed E-state index contributed by atoms with van der Waals surface area (Å²) in [7, 11) is 2.78. The molecule has 8 nitrogen and oxygen atoms in total. The fourth-order valence-corrected chi connectivity index (χ4v) is 5.96. The first-order valence-electron chi connectivity index (χ1n) is 15.2. The lowest BCUT2D eigenvalue weighted by molar-refractivity contribution is -0.142. The van der Waals surface area contributed by atoms with E-state index in [4.69, 9.17) is 9.47 Å². The van der Waals surface area contributed by atoms with Crippen molar-refractivity contribution in [3.63, 3.8) is 0 Å². The van der Waals surface area contributed by atoms with Gasteiger partial charge in [-0.25, -0.2) is 18.0 Å². The minimum absolute atomic E-state index is 0.0420. The summed E-state index contributed by atoms with van der Waals surface area (Å²) < 4.78 is 56.7. The van der Waals surface area contributed by atoms with Crippen LogP contribution in [0.5, 0.6) is 5.75 Å². The average molecular weight is 636 g/mol. The Morgan fingerprint density at radius 1 is 1.09 bits per heavy atom. The molecular weight excluding hydrogens is 599 g/mol. The predicted molar refractivity (Wildman–Crippen MR) is 170 cm³/mol. The zero-order valence-electron chi connectivity index (χ0n) is 26.4. The smallest absolute Gasteiger partial charge is 0.328 e. The number of esters is 1. The molecular formula is C35H36F3N3O5. The molecule has 1 aromatic heterocycles. The lowest BCUT2D eigenvalue weighted by Crippen LogP contribution is -2.43. The Labute approximate surface area is 264 Å². The Morgan fingerprint density at radius 2 is 1.80 bits per heavy atom. The molecule has 2 heterocycles. The van der Waals surface area contributed by atoms with Crippen molar-refractivity contribution in [2.45, 2.75) is 58.5 Å². The summed E-state index contributed by atoms with van der Waals surface area (Å²) in [6.07, 6.45) is 1.86. The monoisotopic (exact) mass is 635 g/mol. The third-order valence-electron chi connectivity index (χ3n) is 8.57. The average Bonchev–Trinajstić information content (AvgIpc) is 3.03. The number of carbonyl (C=O) groups is 2. The maximum atomic E-state index is 15.0. The van der Waals surface area contributed by atoms with E-state index in [1.54, 1.807) is 32.2 Å². The van der Waals surface area contributed by atoms with Gasteiger partial charge in [0, 0.05) is 36.1 Å². The van der Waals surface area contributed by atoms with E-state index in [9.17, 15) is 27.6 Å². The Bertz CT molecular complexity index is 1880. The van der Waals surface area contributed by atoms with Crippen LogP contribution in [0.4, 0.5) is 18.9 Å². The van der Waals surface area contributed by atoms with Crippen molar-refractivity contribution in [1.29, 1.82) is 0 Å². The second-order valence-electron chi connectivity index (χ2n) is 11.6. The number of aromatic nitrogens is 1. The molecule has 0 spiro atoms. The highest BCUT2D eigenvalue weighted by Gasteiger charge is 2.30. The highest BCUT2D eigenvalue weighted by molar-refractivity contribution is 5.98. The number of ether oxygens (including phenoxy) is 2. The van der Waals surface area contributed by atoms with Gasteiger partial charge in [0.15, 0.2) is 0 Å². The number of pyridine rings is 1. The van der Waals surface area contributed by atoms with Gasteiger partial charge in [0.05, 0.1) is 24.8 Å². The first-order valence-corrected chi connectivity index (χ1v) is 15.2. The van der Waals surface area contributed by atoms with Crippen LogP contribution in [0, 0.1) is 24.4 Å². The number of methoxy groups -OCH3 is 1. The third-order valence-corrected chi connectivity index (χ3v) is 8.57. The molecule has 0 aliphatic carbocycles. The summed E-state index contributed by atoms with van der Waals surface area (Å²) in [4.78, 5) is 39.6. The fraction of sp³-hybridized carbons (Fsp3) is 0.343. The normalized spacial score (nSPS) is 13.8. The van der Waals surface area contributed by atoms with E-state index >= 15 is 0 Å². The van der Waals surface area contributed by atoms with Crippen LogP contribution in [-0.2, 0) is 29.4 Å². The predicted octanol–water partition coefficient (Wildman–Crippen LogP) is 5.98. The van der Waals surface area contributed by atoms with Gasteiger partial charge < -0.3 is 24.7 Å². The molecule has 1 aliphatic rings. The zero-order chi connectivity index (χ0) is 33.3. The summed E-state index contributed by atoms with van der Waals surface area (Å²) in [6, 6.07) is 8.44. The van der Waals surface area contributed by atoms with Crippen molar-refractivity contribution in [2.24, 2.45) is 7.05 Å². The van der Waals surface area contributed by atoms with Gasteiger partial charge >= 0.3 is 5.97 Å². The number of aryl methyl sites for hydroxylation is 2. The number of halogens is 3. The van der Waals surface area contributed by atoms with Crippen LogP contribution < -0.4 is 20.9 Å². The molecule has 2 N–H and O–H groups in total. The molecule has 0 fully saturated rings. The van der Waals surface area contributed by atoms with Crippen molar-refractivity contribution >= 4 is 28.5 Å². The molecule has 242 valence electrons. The number of nitrogens with zero attached hydrogens (tertiary/aromatic N) is 1. The van der Waals surface area contributed by atoms with Gasteiger partial charge in [0.25, 0.3) is 11.5 Å². The van der Waals surface area contributed by atoms with Crippen LogP contribution in [-0.4, -0.2) is 42.2 Å². The summed E-state index contributed by atoms with van der Waals surface area (Å²) in [5, 5.41) is 6.00. The number of rotatable bonds is 9. The van der Waals surface area contributed by atoms with Gasteiger partial charge in [-0.3, -0.25) is 9.59 Å².